The van der Waals surface area contributed by atoms with Crippen molar-refractivity contribution in [3.05, 3.63) is 78.5 Å². The second-order valence-electron chi connectivity index (χ2n) is 18.0. The number of aromatic nitrogens is 4. The molecule has 5 atom stereocenters. The molecule has 3 aromatic carbocycles. The molecular formula is C50H64N8O9. The number of nitrogens with one attached hydrogen (secondary N) is 4. The zero-order chi connectivity index (χ0) is 47.9. The second kappa shape index (κ2) is 21.4. The lowest BCUT2D eigenvalue weighted by atomic mass is 9.90. The lowest BCUT2D eigenvalue weighted by Crippen LogP contribution is -2.54. The summed E-state index contributed by atoms with van der Waals surface area (Å²) in [6.07, 6.45) is 4.04. The zero-order valence-corrected chi connectivity index (χ0v) is 39.8. The van der Waals surface area contributed by atoms with E-state index in [-0.39, 0.29) is 42.2 Å². The normalized spacial score (nSPS) is 15.9. The molecule has 0 saturated carbocycles. The molecule has 0 spiro atoms. The van der Waals surface area contributed by atoms with Gasteiger partial charge in [0.05, 0.1) is 56.3 Å². The molecule has 4 amide bonds. The van der Waals surface area contributed by atoms with Gasteiger partial charge in [0, 0.05) is 43.9 Å². The molecule has 0 bridgehead atoms. The Morgan fingerprint density at radius 1 is 0.910 bits per heavy atom. The molecule has 1 saturated heterocycles. The van der Waals surface area contributed by atoms with E-state index >= 15 is 0 Å². The number of carbonyl (C=O) groups excluding carboxylic acids is 4. The van der Waals surface area contributed by atoms with Crippen molar-refractivity contribution in [1.29, 1.82) is 0 Å². The fourth-order valence-corrected chi connectivity index (χ4v) is 9.18. The first-order valence-corrected chi connectivity index (χ1v) is 23.0. The highest BCUT2D eigenvalue weighted by atomic mass is 16.5. The number of imidazole rings is 2. The average molecular weight is 921 g/mol. The van der Waals surface area contributed by atoms with Gasteiger partial charge in [-0.05, 0) is 97.2 Å². The first-order valence-electron chi connectivity index (χ1n) is 23.0. The van der Waals surface area contributed by atoms with Crippen LogP contribution in [0.1, 0.15) is 77.1 Å². The van der Waals surface area contributed by atoms with E-state index in [2.05, 4.69) is 50.4 Å². The number of hydrogen-bond donors (Lipinski definition) is 4. The number of alkyl carbamates (subject to hydrolysis) is 2. The summed E-state index contributed by atoms with van der Waals surface area (Å²) in [7, 11) is 4.21. The highest BCUT2D eigenvalue weighted by Crippen LogP contribution is 2.43. The topological polar surface area (TPSA) is 202 Å². The van der Waals surface area contributed by atoms with Crippen LogP contribution in [-0.4, -0.2) is 120 Å². The maximum Gasteiger partial charge on any atom is 0.407 e. The minimum Gasteiger partial charge on any atom is -0.488 e. The van der Waals surface area contributed by atoms with Crippen LogP contribution in [0.15, 0.2) is 61.3 Å². The Balaban J connectivity index is 1.14. The third kappa shape index (κ3) is 10.7. The molecule has 17 nitrogen and oxygen atoms in total. The van der Waals surface area contributed by atoms with Gasteiger partial charge in [0.1, 0.15) is 36.1 Å². The summed E-state index contributed by atoms with van der Waals surface area (Å²) in [5.74, 6) is 1.21. The van der Waals surface area contributed by atoms with E-state index in [1.165, 1.54) is 14.2 Å². The van der Waals surface area contributed by atoms with Crippen molar-refractivity contribution in [2.45, 2.75) is 91.2 Å². The minimum atomic E-state index is -0.801. The molecule has 67 heavy (non-hydrogen) atoms. The molecule has 0 aliphatic carbocycles. The van der Waals surface area contributed by atoms with Crippen LogP contribution >= 0.6 is 0 Å². The Kier molecular flexibility index (Phi) is 15.5. The molecule has 2 aromatic heterocycles. The third-order valence-corrected chi connectivity index (χ3v) is 12.9. The van der Waals surface area contributed by atoms with Gasteiger partial charge in [0.15, 0.2) is 0 Å². The third-order valence-electron chi connectivity index (χ3n) is 12.9. The number of nitrogens with zero attached hydrogens (tertiary/aromatic N) is 4. The van der Waals surface area contributed by atoms with Gasteiger partial charge in [-0.2, -0.15) is 0 Å². The van der Waals surface area contributed by atoms with Crippen molar-refractivity contribution in [2.24, 2.45) is 17.8 Å². The number of rotatable bonds is 18. The van der Waals surface area contributed by atoms with Gasteiger partial charge < -0.3 is 54.1 Å². The van der Waals surface area contributed by atoms with E-state index in [0.717, 1.165) is 55.5 Å². The van der Waals surface area contributed by atoms with Gasteiger partial charge in [-0.3, -0.25) is 9.59 Å². The number of aromatic amines is 2. The Morgan fingerprint density at radius 3 is 2.36 bits per heavy atom. The van der Waals surface area contributed by atoms with E-state index in [1.807, 2.05) is 58.9 Å². The van der Waals surface area contributed by atoms with Gasteiger partial charge in [0.25, 0.3) is 0 Å². The Morgan fingerprint density at radius 2 is 1.66 bits per heavy atom. The molecule has 2 aliphatic heterocycles. The number of fused-ring (bicyclic) bond motifs is 6. The maximum absolute atomic E-state index is 14.6. The number of H-pyrrole nitrogens is 2. The Bertz CT molecular complexity index is 2580. The van der Waals surface area contributed by atoms with Crippen LogP contribution in [-0.2, 0) is 41.7 Å². The molecule has 4 heterocycles. The molecule has 1 fully saturated rings. The van der Waals surface area contributed by atoms with E-state index in [0.29, 0.717) is 63.9 Å². The first kappa shape index (κ1) is 48.5. The number of methoxy groups -OCH3 is 3. The largest absolute Gasteiger partial charge is 0.488 e. The summed E-state index contributed by atoms with van der Waals surface area (Å²) in [5.41, 5.74) is 6.31. The fourth-order valence-electron chi connectivity index (χ4n) is 9.18. The highest BCUT2D eigenvalue weighted by molar-refractivity contribution is 6.07. The molecule has 5 aromatic rings. The van der Waals surface area contributed by atoms with Crippen molar-refractivity contribution in [3.63, 3.8) is 0 Å². The monoisotopic (exact) mass is 920 g/mol. The standard InChI is InChI=1S/C50H64N8O9/c1-10-11-30(5)57(47(59)43(28(2)3)55-49(61)64-8)25-42-51-23-40(52-42)34-12-14-36-35(20-34)27-67-41-22-37-33(21-38(36)41)13-15-39-45(37)54-46(53-39)31(6)58(24-29(4)26-63-7)48(60)44(56-50(62)65-9)32-16-18-66-19-17-32/h10,12-15,20-23,28-32,43-44H,1,11,16-19,24-27H2,2-9H3,(H,51,52)(H,53,54)(H,55,61)(H,56,62)/t29-,30-,31-,43-,44-/m0/s1. The van der Waals surface area contributed by atoms with Crippen molar-refractivity contribution < 1.29 is 42.9 Å². The smallest absolute Gasteiger partial charge is 0.407 e. The molecule has 2 aliphatic rings. The van der Waals surface area contributed by atoms with Crippen LogP contribution in [0.2, 0.25) is 0 Å². The number of benzene rings is 3. The Hall–Kier alpha value is -6.46. The summed E-state index contributed by atoms with van der Waals surface area (Å²) >= 11 is 0. The highest BCUT2D eigenvalue weighted by Gasteiger charge is 2.38. The predicted octanol–water partition coefficient (Wildman–Crippen LogP) is 7.66. The van der Waals surface area contributed by atoms with Crippen molar-refractivity contribution in [1.82, 2.24) is 40.4 Å². The van der Waals surface area contributed by atoms with E-state index < -0.39 is 30.3 Å². The second-order valence-corrected chi connectivity index (χ2v) is 18.0. The SMILES string of the molecule is C=CC[C@H](C)N(Cc1ncc(-c2ccc3c(c2)COc2cc4c(ccc5nc([C@H](C)N(C[C@H](C)COC)C(=O)[C@@H](NC(=O)OC)C6CCOCC6)[nH]c54)cc2-3)[nH]1)C(=O)[C@@H](NC(=O)OC)C(C)C. The fraction of sp³-hybridized carbons (Fsp3) is 0.480. The zero-order valence-electron chi connectivity index (χ0n) is 39.8. The number of ether oxygens (including phenoxy) is 5. The minimum absolute atomic E-state index is 0.00101. The molecule has 358 valence electrons. The number of amides is 4. The molecule has 0 unspecified atom stereocenters. The molecular weight excluding hydrogens is 857 g/mol. The van der Waals surface area contributed by atoms with Crippen LogP contribution in [0.3, 0.4) is 0 Å². The lowest BCUT2D eigenvalue weighted by molar-refractivity contribution is -0.139. The van der Waals surface area contributed by atoms with Crippen LogP contribution in [0, 0.1) is 17.8 Å². The van der Waals surface area contributed by atoms with Crippen LogP contribution in [0.25, 0.3) is 44.2 Å². The summed E-state index contributed by atoms with van der Waals surface area (Å²) in [5, 5.41) is 7.46. The van der Waals surface area contributed by atoms with Crippen LogP contribution in [0.4, 0.5) is 9.59 Å². The molecule has 0 radical (unpaired) electrons. The number of carbonyl (C=O) groups is 4. The lowest BCUT2D eigenvalue weighted by Gasteiger charge is -2.37. The number of hydrogen-bond acceptors (Lipinski definition) is 11. The van der Waals surface area contributed by atoms with Gasteiger partial charge in [-0.15, -0.1) is 6.58 Å². The van der Waals surface area contributed by atoms with E-state index in [4.69, 9.17) is 28.7 Å². The summed E-state index contributed by atoms with van der Waals surface area (Å²) in [6, 6.07) is 12.2. The van der Waals surface area contributed by atoms with Crippen molar-refractivity contribution in [2.75, 3.05) is 47.7 Å². The Labute approximate surface area is 391 Å². The summed E-state index contributed by atoms with van der Waals surface area (Å²) < 4.78 is 27.3. The summed E-state index contributed by atoms with van der Waals surface area (Å²) in [4.78, 5) is 73.4. The van der Waals surface area contributed by atoms with Crippen LogP contribution in [0.5, 0.6) is 5.75 Å². The van der Waals surface area contributed by atoms with Crippen molar-refractivity contribution >= 4 is 45.8 Å². The maximum atomic E-state index is 14.6. The quantitative estimate of drug-likeness (QED) is 0.0629. The van der Waals surface area contributed by atoms with Gasteiger partial charge in [-0.25, -0.2) is 19.6 Å². The van der Waals surface area contributed by atoms with Gasteiger partial charge in [0.2, 0.25) is 11.8 Å². The van der Waals surface area contributed by atoms with Gasteiger partial charge in [-0.1, -0.05) is 45.0 Å². The van der Waals surface area contributed by atoms with Gasteiger partial charge >= 0.3 is 12.2 Å². The summed E-state index contributed by atoms with van der Waals surface area (Å²) in [6.45, 7) is 15.9. The van der Waals surface area contributed by atoms with Crippen LogP contribution < -0.4 is 15.4 Å². The molecule has 7 rings (SSSR count). The predicted molar refractivity (Wildman–Crippen MR) is 254 cm³/mol. The van der Waals surface area contributed by atoms with Crippen molar-refractivity contribution in [3.8, 4) is 28.1 Å². The molecule has 17 heteroatoms. The molecule has 4 N–H and O–H groups in total. The van der Waals surface area contributed by atoms with E-state index in [1.54, 1.807) is 29.2 Å². The first-order chi connectivity index (χ1) is 32.2. The van der Waals surface area contributed by atoms with E-state index in [9.17, 15) is 19.2 Å². The average Bonchev–Trinajstić information content (AvgIpc) is 4.00.